The number of amides is 3. The van der Waals surface area contributed by atoms with Gasteiger partial charge in [-0.3, -0.25) is 19.3 Å². The molecule has 1 saturated carbocycles. The van der Waals surface area contributed by atoms with Crippen LogP contribution in [-0.4, -0.2) is 83.8 Å². The van der Waals surface area contributed by atoms with Crippen molar-refractivity contribution in [2.75, 3.05) is 39.3 Å². The van der Waals surface area contributed by atoms with Gasteiger partial charge in [0.15, 0.2) is 0 Å². The van der Waals surface area contributed by atoms with Crippen molar-refractivity contribution in [2.45, 2.75) is 83.5 Å². The Balaban J connectivity index is 1.25. The lowest BCUT2D eigenvalue weighted by atomic mass is 9.82. The van der Waals surface area contributed by atoms with E-state index >= 15 is 0 Å². The molecule has 1 aliphatic carbocycles. The first-order valence-electron chi connectivity index (χ1n) is 16.5. The Kier molecular flexibility index (Phi) is 11.3. The summed E-state index contributed by atoms with van der Waals surface area (Å²) in [5, 5.41) is 7.19. The number of likely N-dealkylation sites (N-methyl/N-ethyl adjacent to an activating group) is 1. The number of nitrogens with zero attached hydrogens (tertiary/aromatic N) is 3. The largest absolute Gasteiger partial charge is 0.344 e. The second-order valence-electron chi connectivity index (χ2n) is 12.7. The normalized spacial score (nSPS) is 20.5. The number of benzene rings is 2. The average Bonchev–Trinajstić information content (AvgIpc) is 3.44. The van der Waals surface area contributed by atoms with E-state index in [1.807, 2.05) is 53.1 Å². The topological polar surface area (TPSA) is 85.0 Å². The summed E-state index contributed by atoms with van der Waals surface area (Å²) in [6.07, 6.45) is 6.89. The summed E-state index contributed by atoms with van der Waals surface area (Å²) in [5.41, 5.74) is 3.32. The van der Waals surface area contributed by atoms with E-state index in [0.717, 1.165) is 37.3 Å². The molecule has 2 unspecified atom stereocenters. The summed E-state index contributed by atoms with van der Waals surface area (Å²) in [4.78, 5) is 46.1. The van der Waals surface area contributed by atoms with Gasteiger partial charge in [0, 0.05) is 82.7 Å². The predicted octanol–water partition coefficient (Wildman–Crippen LogP) is 4.56. The van der Waals surface area contributed by atoms with E-state index in [9.17, 15) is 14.4 Å². The molecular formula is C35H48ClN5O3. The molecule has 9 heteroatoms. The van der Waals surface area contributed by atoms with Crippen molar-refractivity contribution in [3.8, 4) is 0 Å². The van der Waals surface area contributed by atoms with Crippen molar-refractivity contribution in [3.05, 3.63) is 70.2 Å². The van der Waals surface area contributed by atoms with Gasteiger partial charge in [-0.25, -0.2) is 0 Å². The fraction of sp³-hybridized carbons (Fsp3) is 0.571. The smallest absolute Gasteiger partial charge is 0.245 e. The maximum atomic E-state index is 14.0. The van der Waals surface area contributed by atoms with Crippen molar-refractivity contribution >= 4 is 29.3 Å². The lowest BCUT2D eigenvalue weighted by Crippen LogP contribution is -2.59. The molecule has 2 fully saturated rings. The summed E-state index contributed by atoms with van der Waals surface area (Å²) in [5.74, 6) is 0.525. The molecule has 238 valence electrons. The van der Waals surface area contributed by atoms with Crippen molar-refractivity contribution in [1.82, 2.24) is 25.3 Å². The van der Waals surface area contributed by atoms with E-state index in [1.54, 1.807) is 6.92 Å². The highest BCUT2D eigenvalue weighted by molar-refractivity contribution is 6.30. The van der Waals surface area contributed by atoms with Crippen LogP contribution in [-0.2, 0) is 27.3 Å². The zero-order chi connectivity index (χ0) is 31.1. The van der Waals surface area contributed by atoms with Crippen molar-refractivity contribution in [2.24, 2.45) is 5.92 Å². The van der Waals surface area contributed by atoms with Crippen LogP contribution in [0.25, 0.3) is 0 Å². The molecule has 3 aliphatic rings. The second kappa shape index (κ2) is 15.4. The zero-order valence-electron chi connectivity index (χ0n) is 26.3. The van der Waals surface area contributed by atoms with E-state index < -0.39 is 6.04 Å². The Labute approximate surface area is 267 Å². The quantitative estimate of drug-likeness (QED) is 0.384. The third-order valence-electron chi connectivity index (χ3n) is 9.87. The molecule has 44 heavy (non-hydrogen) atoms. The monoisotopic (exact) mass is 621 g/mol. The van der Waals surface area contributed by atoms with Crippen molar-refractivity contribution < 1.29 is 14.4 Å². The Hall–Kier alpha value is -2.94. The average molecular weight is 622 g/mol. The van der Waals surface area contributed by atoms with Gasteiger partial charge in [-0.2, -0.15) is 0 Å². The summed E-state index contributed by atoms with van der Waals surface area (Å²) in [7, 11) is 0. The van der Waals surface area contributed by atoms with E-state index in [-0.39, 0.29) is 30.2 Å². The Bertz CT molecular complexity index is 1270. The van der Waals surface area contributed by atoms with Gasteiger partial charge >= 0.3 is 0 Å². The van der Waals surface area contributed by atoms with Gasteiger partial charge < -0.3 is 20.4 Å². The van der Waals surface area contributed by atoms with Crippen molar-refractivity contribution in [3.63, 3.8) is 0 Å². The van der Waals surface area contributed by atoms with Gasteiger partial charge in [0.05, 0.1) is 0 Å². The lowest BCUT2D eigenvalue weighted by molar-refractivity contribution is -0.138. The highest BCUT2D eigenvalue weighted by Gasteiger charge is 2.35. The number of piperazine rings is 1. The molecule has 1 saturated heterocycles. The summed E-state index contributed by atoms with van der Waals surface area (Å²) in [6, 6.07) is 15.3. The van der Waals surface area contributed by atoms with Gasteiger partial charge in [-0.1, -0.05) is 67.3 Å². The van der Waals surface area contributed by atoms with Crippen molar-refractivity contribution in [1.29, 1.82) is 0 Å². The maximum Gasteiger partial charge on any atom is 0.245 e. The van der Waals surface area contributed by atoms with Crippen LogP contribution < -0.4 is 10.6 Å². The molecule has 2 N–H and O–H groups in total. The standard InChI is InChI=1S/C35H48ClN5O3/c1-3-39(25(2)42)24-33(27-9-5-4-6-10-27)40-17-19-41(20-18-40)35(44)32(21-26-13-15-29(36)16-14-26)38-34(43)22-31-30-12-8-7-11-28(30)23-37-31/h7-8,11-16,27,31-33,37H,3-6,9-10,17-24H2,1-2H3,(H,38,43)/t31?,32-,33?/m1/s1. The molecule has 2 aliphatic heterocycles. The van der Waals surface area contributed by atoms with Gasteiger partial charge in [-0.15, -0.1) is 0 Å². The molecular weight excluding hydrogens is 574 g/mol. The zero-order valence-corrected chi connectivity index (χ0v) is 27.0. The molecule has 0 spiro atoms. The van der Waals surface area contributed by atoms with Crippen LogP contribution in [0.1, 0.15) is 75.1 Å². The van der Waals surface area contributed by atoms with Crippen LogP contribution in [0.4, 0.5) is 0 Å². The minimum atomic E-state index is -0.658. The number of rotatable bonds is 11. The molecule has 3 amide bonds. The van der Waals surface area contributed by atoms with Gasteiger partial charge in [0.1, 0.15) is 6.04 Å². The second-order valence-corrected chi connectivity index (χ2v) is 13.1. The van der Waals surface area contributed by atoms with Crippen LogP contribution in [0.15, 0.2) is 48.5 Å². The Morgan fingerprint density at radius 3 is 2.39 bits per heavy atom. The third kappa shape index (κ3) is 8.20. The van der Waals surface area contributed by atoms with Gasteiger partial charge in [-0.05, 0) is 54.5 Å². The number of fused-ring (bicyclic) bond motifs is 1. The van der Waals surface area contributed by atoms with Crippen LogP contribution in [0.5, 0.6) is 0 Å². The first-order chi connectivity index (χ1) is 21.3. The summed E-state index contributed by atoms with van der Waals surface area (Å²) < 4.78 is 0. The highest BCUT2D eigenvalue weighted by Crippen LogP contribution is 2.31. The van der Waals surface area contributed by atoms with Crippen LogP contribution in [0.3, 0.4) is 0 Å². The molecule has 0 aromatic heterocycles. The molecule has 2 aromatic carbocycles. The summed E-state index contributed by atoms with van der Waals surface area (Å²) in [6.45, 7) is 8.68. The number of hydrogen-bond donors (Lipinski definition) is 2. The first kappa shape index (κ1) is 32.5. The number of hydrogen-bond acceptors (Lipinski definition) is 5. The van der Waals surface area contributed by atoms with Gasteiger partial charge in [0.2, 0.25) is 17.7 Å². The number of carbonyl (C=O) groups is 3. The first-order valence-corrected chi connectivity index (χ1v) is 16.8. The molecule has 5 rings (SSSR count). The van der Waals surface area contributed by atoms with E-state index in [1.165, 1.54) is 37.7 Å². The minimum absolute atomic E-state index is 0.0409. The molecule has 8 nitrogen and oxygen atoms in total. The molecule has 0 bridgehead atoms. The lowest BCUT2D eigenvalue weighted by Gasteiger charge is -2.45. The highest BCUT2D eigenvalue weighted by atomic mass is 35.5. The SMILES string of the molecule is CCN(CC(C1CCCCC1)N1CCN(C(=O)[C@@H](Cc2ccc(Cl)cc2)NC(=O)CC2NCc3ccccc32)CC1)C(C)=O. The summed E-state index contributed by atoms with van der Waals surface area (Å²) >= 11 is 6.13. The van der Waals surface area contributed by atoms with Crippen LogP contribution in [0, 0.1) is 5.92 Å². The third-order valence-corrected chi connectivity index (χ3v) is 10.1. The van der Waals surface area contributed by atoms with E-state index in [2.05, 4.69) is 27.7 Å². The minimum Gasteiger partial charge on any atom is -0.344 e. The predicted molar refractivity (Wildman–Crippen MR) is 174 cm³/mol. The molecule has 2 heterocycles. The van der Waals surface area contributed by atoms with E-state index in [0.29, 0.717) is 43.0 Å². The van der Waals surface area contributed by atoms with Gasteiger partial charge in [0.25, 0.3) is 0 Å². The molecule has 0 radical (unpaired) electrons. The fourth-order valence-corrected chi connectivity index (χ4v) is 7.46. The fourth-order valence-electron chi connectivity index (χ4n) is 7.34. The van der Waals surface area contributed by atoms with Crippen LogP contribution in [0.2, 0.25) is 5.02 Å². The van der Waals surface area contributed by atoms with E-state index in [4.69, 9.17) is 11.6 Å². The number of carbonyl (C=O) groups excluding carboxylic acids is 3. The number of halogens is 1. The molecule has 2 aromatic rings. The van der Waals surface area contributed by atoms with Crippen LogP contribution >= 0.6 is 11.6 Å². The molecule has 3 atom stereocenters. The number of nitrogens with one attached hydrogen (secondary N) is 2. The Morgan fingerprint density at radius 2 is 1.70 bits per heavy atom. The Morgan fingerprint density at radius 1 is 1.00 bits per heavy atom. The maximum absolute atomic E-state index is 14.0.